The van der Waals surface area contributed by atoms with Gasteiger partial charge in [0.1, 0.15) is 57.1 Å². The maximum atomic E-state index is 12.9. The number of likely N-dealkylation sites (tertiary alicyclic amines) is 2. The van der Waals surface area contributed by atoms with E-state index in [0.29, 0.717) is 32.4 Å². The highest BCUT2D eigenvalue weighted by molar-refractivity contribution is 5.94. The lowest BCUT2D eigenvalue weighted by Gasteiger charge is -2.35. The van der Waals surface area contributed by atoms with E-state index in [2.05, 4.69) is 30.7 Å². The third-order valence-corrected chi connectivity index (χ3v) is 13.3. The molecule has 0 aliphatic carbocycles. The predicted molar refractivity (Wildman–Crippen MR) is 288 cm³/mol. The van der Waals surface area contributed by atoms with Crippen LogP contribution in [0, 0.1) is 20.2 Å². The first kappa shape index (κ1) is 58.7. The molecule has 80 heavy (non-hydrogen) atoms. The van der Waals surface area contributed by atoms with E-state index in [4.69, 9.17) is 24.3 Å². The summed E-state index contributed by atoms with van der Waals surface area (Å²) >= 11 is 0. The molecule has 4 heterocycles. The summed E-state index contributed by atoms with van der Waals surface area (Å²) in [5, 5.41) is 86.0. The monoisotopic (exact) mass is 1110 g/mol. The minimum absolute atomic E-state index is 0.0106. The first-order chi connectivity index (χ1) is 38.1. The van der Waals surface area contributed by atoms with Crippen molar-refractivity contribution in [3.63, 3.8) is 0 Å². The second-order valence-corrected chi connectivity index (χ2v) is 20.2. The summed E-state index contributed by atoms with van der Waals surface area (Å²) in [5.74, 6) is -1.68. The molecule has 26 heteroatoms. The number of non-ortho nitro benzene ring substituents is 2. The molecule has 0 bridgehead atoms. The highest BCUT2D eigenvalue weighted by Gasteiger charge is 2.29. The SMILES string of the molecule is CC(C)(C)N(CCCN1CCC(NC(=O)c2cc(-c3c(O)cc(O)cc3Oc3ccc([N+](=O)[O-])cc3)on2)CC1)C(=O)O.NCCCCN1CCC(NC(=O)c2cc(-c3c(O)cc(O)cc3Oc3ccc([N+](=O)[O-])cc3)on2)CC1. The van der Waals surface area contributed by atoms with Crippen LogP contribution < -0.4 is 25.8 Å². The lowest BCUT2D eigenvalue weighted by atomic mass is 10.0. The number of carboxylic acid groups (broad SMARTS) is 1. The van der Waals surface area contributed by atoms with E-state index in [1.54, 1.807) is 0 Å². The molecule has 8 rings (SSSR count). The summed E-state index contributed by atoms with van der Waals surface area (Å²) in [6, 6.07) is 17.8. The molecule has 9 N–H and O–H groups in total. The summed E-state index contributed by atoms with van der Waals surface area (Å²) in [5.41, 5.74) is 4.96. The van der Waals surface area contributed by atoms with Crippen LogP contribution in [-0.4, -0.2) is 148 Å². The van der Waals surface area contributed by atoms with Crippen molar-refractivity contribution < 1.29 is 68.3 Å². The summed E-state index contributed by atoms with van der Waals surface area (Å²) in [4.78, 5) is 64.1. The van der Waals surface area contributed by atoms with Crippen molar-refractivity contribution in [3.8, 4) is 68.6 Å². The third kappa shape index (κ3) is 15.8. The third-order valence-electron chi connectivity index (χ3n) is 13.3. The normalized spacial score (nSPS) is 14.3. The van der Waals surface area contributed by atoms with Crippen LogP contribution in [0.5, 0.6) is 46.0 Å². The van der Waals surface area contributed by atoms with Gasteiger partial charge in [-0.15, -0.1) is 0 Å². The Morgan fingerprint density at radius 1 is 0.662 bits per heavy atom. The molecular formula is C54H64N10O16. The number of phenolic OH excluding ortho intramolecular Hbond substituents is 4. The number of carbonyl (C=O) groups is 3. The van der Waals surface area contributed by atoms with Crippen molar-refractivity contribution in [2.45, 2.75) is 83.3 Å². The minimum Gasteiger partial charge on any atom is -0.508 e. The fraction of sp³-hybridized carbons (Fsp3) is 0.389. The van der Waals surface area contributed by atoms with E-state index in [-0.39, 0.29) is 103 Å². The number of nitrogens with zero attached hydrogens (tertiary/aromatic N) is 7. The highest BCUT2D eigenvalue weighted by atomic mass is 16.6. The maximum Gasteiger partial charge on any atom is 0.407 e. The molecule has 2 aliphatic rings. The number of nitrogens with two attached hydrogens (primary N) is 1. The zero-order chi connectivity index (χ0) is 57.7. The standard InChI is InChI=1S/C29H35N5O9.C25H29N5O7/c1-29(2,3)33(28(38)39)12-4-11-32-13-9-18(10-14-32)30-27(37)22-17-25(43-31-22)26-23(36)15-20(35)16-24(26)42-21-7-5-19(6-8-21)34(40)41;26-9-1-2-10-29-11-7-16(8-12-29)27-25(33)20-15-23(37-28-20)24-21(32)13-18(31)14-22(24)36-19-5-3-17(4-6-19)30(34)35/h5-8,15-18,35-36H,4,9-14H2,1-3H3,(H,30,37)(H,38,39);3-6,13-16,31-32H,1-2,7-12,26H2,(H,27,33). The molecule has 0 saturated carbocycles. The topological polar surface area (TPSA) is 369 Å². The van der Waals surface area contributed by atoms with Crippen LogP contribution in [0.2, 0.25) is 0 Å². The fourth-order valence-electron chi connectivity index (χ4n) is 9.13. The van der Waals surface area contributed by atoms with Crippen LogP contribution in [0.25, 0.3) is 22.6 Å². The number of aromatic hydroxyl groups is 4. The first-order valence-electron chi connectivity index (χ1n) is 25.8. The number of carbonyl (C=O) groups excluding carboxylic acids is 2. The van der Waals surface area contributed by atoms with Crippen LogP contribution in [0.4, 0.5) is 16.2 Å². The smallest absolute Gasteiger partial charge is 0.407 e. The number of hydrogen-bond acceptors (Lipinski definition) is 20. The molecule has 426 valence electrons. The quantitative estimate of drug-likeness (QED) is 0.0203. The second-order valence-electron chi connectivity index (χ2n) is 20.2. The average Bonchev–Trinajstić information content (AvgIpc) is 4.16. The number of unbranched alkanes of at least 4 members (excludes halogenated alkanes) is 1. The Morgan fingerprint density at radius 3 is 1.43 bits per heavy atom. The molecule has 2 fully saturated rings. The minimum atomic E-state index is -0.932. The van der Waals surface area contributed by atoms with Crippen LogP contribution in [0.1, 0.15) is 86.7 Å². The largest absolute Gasteiger partial charge is 0.508 e. The molecule has 0 spiro atoms. The van der Waals surface area contributed by atoms with Gasteiger partial charge in [-0.1, -0.05) is 10.3 Å². The zero-order valence-electron chi connectivity index (χ0n) is 44.3. The van der Waals surface area contributed by atoms with Gasteiger partial charge >= 0.3 is 6.09 Å². The van der Waals surface area contributed by atoms with Gasteiger partial charge in [0.05, 0.1) is 9.85 Å². The van der Waals surface area contributed by atoms with Gasteiger partial charge in [-0.05, 0) is 110 Å². The Kier molecular flexibility index (Phi) is 19.5. The van der Waals surface area contributed by atoms with Crippen molar-refractivity contribution in [1.82, 2.24) is 35.6 Å². The molecule has 4 aromatic carbocycles. The van der Waals surface area contributed by atoms with E-state index < -0.39 is 33.3 Å². The van der Waals surface area contributed by atoms with E-state index in [1.165, 1.54) is 77.7 Å². The van der Waals surface area contributed by atoms with Gasteiger partial charge in [0.2, 0.25) is 0 Å². The number of nitro groups is 2. The number of phenols is 4. The first-order valence-corrected chi connectivity index (χ1v) is 25.8. The summed E-state index contributed by atoms with van der Waals surface area (Å²) < 4.78 is 22.2. The Labute approximate surface area is 458 Å². The number of hydrogen-bond donors (Lipinski definition) is 8. The molecule has 0 unspecified atom stereocenters. The molecule has 26 nitrogen and oxygen atoms in total. The molecule has 2 saturated heterocycles. The van der Waals surface area contributed by atoms with E-state index >= 15 is 0 Å². The Balaban J connectivity index is 0.000000234. The van der Waals surface area contributed by atoms with E-state index in [1.807, 2.05) is 20.8 Å². The van der Waals surface area contributed by atoms with Crippen molar-refractivity contribution in [2.24, 2.45) is 5.73 Å². The second kappa shape index (κ2) is 26.6. The molecule has 0 atom stereocenters. The van der Waals surface area contributed by atoms with Gasteiger partial charge in [0.15, 0.2) is 22.9 Å². The molecule has 2 aliphatic heterocycles. The van der Waals surface area contributed by atoms with Crippen molar-refractivity contribution in [2.75, 3.05) is 52.4 Å². The van der Waals surface area contributed by atoms with Gasteiger partial charge in [0, 0.05) is 111 Å². The zero-order valence-corrected chi connectivity index (χ0v) is 44.3. The van der Waals surface area contributed by atoms with Gasteiger partial charge in [-0.25, -0.2) is 4.79 Å². The van der Waals surface area contributed by atoms with Crippen LogP contribution >= 0.6 is 0 Å². The number of benzene rings is 4. The number of ether oxygens (including phenoxy) is 2. The number of aromatic nitrogens is 2. The Morgan fingerprint density at radius 2 is 1.06 bits per heavy atom. The summed E-state index contributed by atoms with van der Waals surface area (Å²) in [6.07, 6.45) is 4.92. The number of rotatable bonds is 20. The lowest BCUT2D eigenvalue weighted by molar-refractivity contribution is -0.385. The summed E-state index contributed by atoms with van der Waals surface area (Å²) in [7, 11) is 0. The highest BCUT2D eigenvalue weighted by Crippen LogP contribution is 2.45. The van der Waals surface area contributed by atoms with Crippen molar-refractivity contribution >= 4 is 29.3 Å². The molecule has 2 aromatic heterocycles. The number of piperidine rings is 2. The van der Waals surface area contributed by atoms with Crippen LogP contribution in [0.3, 0.4) is 0 Å². The van der Waals surface area contributed by atoms with Gasteiger partial charge in [0.25, 0.3) is 23.2 Å². The van der Waals surface area contributed by atoms with Gasteiger partial charge < -0.3 is 75.1 Å². The van der Waals surface area contributed by atoms with Crippen molar-refractivity contribution in [3.05, 3.63) is 117 Å². The molecular weight excluding hydrogens is 1040 g/mol. The fourth-order valence-corrected chi connectivity index (χ4v) is 9.13. The molecule has 0 radical (unpaired) electrons. The van der Waals surface area contributed by atoms with Crippen LogP contribution in [0.15, 0.2) is 94.0 Å². The maximum absolute atomic E-state index is 12.9. The predicted octanol–water partition coefficient (Wildman–Crippen LogP) is 8.20. The summed E-state index contributed by atoms with van der Waals surface area (Å²) in [6.45, 7) is 11.8. The Hall–Kier alpha value is -9.01. The molecule has 6 aromatic rings. The van der Waals surface area contributed by atoms with E-state index in [9.17, 15) is 60.1 Å². The van der Waals surface area contributed by atoms with Crippen molar-refractivity contribution in [1.29, 1.82) is 0 Å². The average molecular weight is 1110 g/mol. The van der Waals surface area contributed by atoms with Crippen LogP contribution in [-0.2, 0) is 0 Å². The number of nitrogens with one attached hydrogen (secondary N) is 2. The Bertz CT molecular complexity index is 3110. The number of amides is 3. The van der Waals surface area contributed by atoms with E-state index in [0.717, 1.165) is 77.1 Å². The van der Waals surface area contributed by atoms with Gasteiger partial charge in [-0.3, -0.25) is 29.8 Å². The van der Waals surface area contributed by atoms with Gasteiger partial charge in [-0.2, -0.15) is 0 Å². The molecule has 3 amide bonds. The number of nitro benzene ring substituents is 2. The lowest BCUT2D eigenvalue weighted by Crippen LogP contribution is -2.47.